The van der Waals surface area contributed by atoms with Crippen molar-refractivity contribution in [2.24, 2.45) is 0 Å². The van der Waals surface area contributed by atoms with Gasteiger partial charge in [-0.15, -0.1) is 0 Å². The molecule has 76 valence electrons. The Morgan fingerprint density at radius 2 is 2.21 bits per heavy atom. The smallest absolute Gasteiger partial charge is 0.0773 e. The summed E-state index contributed by atoms with van der Waals surface area (Å²) in [4.78, 5) is 4.24. The summed E-state index contributed by atoms with van der Waals surface area (Å²) in [5.41, 5.74) is 0.864. The standard InChI is InChI=1S/C9H11Cl2N3/c10-6-3-7(11)9(14-4-6)8-5-12-1-2-13-8/h3-4,8,12-13H,1-2,5H2/t8-/m0/s1. The van der Waals surface area contributed by atoms with Crippen LogP contribution in [0.15, 0.2) is 12.3 Å². The highest BCUT2D eigenvalue weighted by molar-refractivity contribution is 6.34. The molecule has 0 bridgehead atoms. The molecular weight excluding hydrogens is 221 g/mol. The lowest BCUT2D eigenvalue weighted by Crippen LogP contribution is -2.43. The monoisotopic (exact) mass is 231 g/mol. The molecule has 1 aromatic rings. The van der Waals surface area contributed by atoms with E-state index in [1.807, 2.05) is 0 Å². The summed E-state index contributed by atoms with van der Waals surface area (Å²) in [6.07, 6.45) is 1.62. The second-order valence-electron chi connectivity index (χ2n) is 3.23. The maximum atomic E-state index is 6.05. The SMILES string of the molecule is Clc1cnc([C@@H]2CNCCN2)c(Cl)c1. The molecule has 1 aromatic heterocycles. The molecule has 0 saturated carbocycles. The molecule has 0 amide bonds. The number of nitrogens with one attached hydrogen (secondary N) is 2. The van der Waals surface area contributed by atoms with Crippen LogP contribution < -0.4 is 10.6 Å². The largest absolute Gasteiger partial charge is 0.314 e. The topological polar surface area (TPSA) is 37.0 Å². The third-order valence-corrected chi connectivity index (χ3v) is 2.72. The Hall–Kier alpha value is -0.350. The minimum Gasteiger partial charge on any atom is -0.314 e. The van der Waals surface area contributed by atoms with Gasteiger partial charge in [0.1, 0.15) is 0 Å². The van der Waals surface area contributed by atoms with Crippen LogP contribution >= 0.6 is 23.2 Å². The van der Waals surface area contributed by atoms with Gasteiger partial charge in [0.05, 0.1) is 21.8 Å². The van der Waals surface area contributed by atoms with Gasteiger partial charge in [0.25, 0.3) is 0 Å². The summed E-state index contributed by atoms with van der Waals surface area (Å²) < 4.78 is 0. The van der Waals surface area contributed by atoms with E-state index in [2.05, 4.69) is 15.6 Å². The van der Waals surface area contributed by atoms with Crippen molar-refractivity contribution in [2.75, 3.05) is 19.6 Å². The summed E-state index contributed by atoms with van der Waals surface area (Å²) in [5, 5.41) is 7.82. The second-order valence-corrected chi connectivity index (χ2v) is 4.08. The van der Waals surface area contributed by atoms with E-state index in [4.69, 9.17) is 23.2 Å². The van der Waals surface area contributed by atoms with E-state index in [1.165, 1.54) is 0 Å². The number of hydrogen-bond acceptors (Lipinski definition) is 3. The highest BCUT2D eigenvalue weighted by Gasteiger charge is 2.18. The highest BCUT2D eigenvalue weighted by Crippen LogP contribution is 2.23. The quantitative estimate of drug-likeness (QED) is 0.772. The lowest BCUT2D eigenvalue weighted by atomic mass is 10.1. The Labute approximate surface area is 92.8 Å². The van der Waals surface area contributed by atoms with Crippen LogP contribution in [-0.4, -0.2) is 24.6 Å². The Morgan fingerprint density at radius 1 is 1.36 bits per heavy atom. The average Bonchev–Trinajstić information content (AvgIpc) is 2.19. The number of aromatic nitrogens is 1. The van der Waals surface area contributed by atoms with Gasteiger partial charge in [-0.1, -0.05) is 23.2 Å². The summed E-state index contributed by atoms with van der Waals surface area (Å²) in [5.74, 6) is 0. The van der Waals surface area contributed by atoms with E-state index in [1.54, 1.807) is 12.3 Å². The van der Waals surface area contributed by atoms with Gasteiger partial charge < -0.3 is 10.6 Å². The van der Waals surface area contributed by atoms with Crippen LogP contribution in [0.3, 0.4) is 0 Å². The van der Waals surface area contributed by atoms with Gasteiger partial charge >= 0.3 is 0 Å². The zero-order valence-corrected chi connectivity index (χ0v) is 9.07. The van der Waals surface area contributed by atoms with Crippen LogP contribution in [0.5, 0.6) is 0 Å². The van der Waals surface area contributed by atoms with Crippen LogP contribution in [0.2, 0.25) is 10.0 Å². The molecule has 14 heavy (non-hydrogen) atoms. The van der Waals surface area contributed by atoms with Crippen molar-refractivity contribution in [1.29, 1.82) is 0 Å². The fraction of sp³-hybridized carbons (Fsp3) is 0.444. The Kier molecular flexibility index (Phi) is 3.23. The fourth-order valence-electron chi connectivity index (χ4n) is 1.53. The minimum atomic E-state index is 0.188. The van der Waals surface area contributed by atoms with Gasteiger partial charge in [0, 0.05) is 25.8 Å². The molecule has 1 fully saturated rings. The van der Waals surface area contributed by atoms with E-state index in [9.17, 15) is 0 Å². The maximum Gasteiger partial charge on any atom is 0.0773 e. The van der Waals surface area contributed by atoms with E-state index >= 15 is 0 Å². The minimum absolute atomic E-state index is 0.188. The molecule has 0 radical (unpaired) electrons. The van der Waals surface area contributed by atoms with Gasteiger partial charge in [-0.05, 0) is 6.07 Å². The number of nitrogens with zero attached hydrogens (tertiary/aromatic N) is 1. The molecule has 1 aliphatic heterocycles. The van der Waals surface area contributed by atoms with Crippen molar-refractivity contribution in [2.45, 2.75) is 6.04 Å². The van der Waals surface area contributed by atoms with Crippen LogP contribution in [-0.2, 0) is 0 Å². The summed E-state index contributed by atoms with van der Waals surface area (Å²) in [7, 11) is 0. The van der Waals surface area contributed by atoms with Crippen molar-refractivity contribution < 1.29 is 0 Å². The van der Waals surface area contributed by atoms with Crippen molar-refractivity contribution in [3.8, 4) is 0 Å². The first-order valence-corrected chi connectivity index (χ1v) is 5.28. The first-order valence-electron chi connectivity index (χ1n) is 4.52. The number of hydrogen-bond donors (Lipinski definition) is 2. The van der Waals surface area contributed by atoms with Gasteiger partial charge in [0.15, 0.2) is 0 Å². The third kappa shape index (κ3) is 2.17. The summed E-state index contributed by atoms with van der Waals surface area (Å²) in [6, 6.07) is 1.91. The number of piperazine rings is 1. The first kappa shape index (κ1) is 10.2. The van der Waals surface area contributed by atoms with Crippen LogP contribution in [0.1, 0.15) is 11.7 Å². The van der Waals surface area contributed by atoms with E-state index in [0.717, 1.165) is 25.3 Å². The fourth-order valence-corrected chi connectivity index (χ4v) is 2.04. The van der Waals surface area contributed by atoms with E-state index in [0.29, 0.717) is 10.0 Å². The zero-order valence-electron chi connectivity index (χ0n) is 7.56. The molecule has 1 saturated heterocycles. The van der Waals surface area contributed by atoms with Crippen molar-refractivity contribution in [1.82, 2.24) is 15.6 Å². The van der Waals surface area contributed by atoms with E-state index in [-0.39, 0.29) is 6.04 Å². The predicted octanol–water partition coefficient (Wildman–Crippen LogP) is 1.62. The molecule has 0 spiro atoms. The number of pyridine rings is 1. The molecule has 2 rings (SSSR count). The summed E-state index contributed by atoms with van der Waals surface area (Å²) >= 11 is 11.8. The first-order chi connectivity index (χ1) is 6.77. The molecule has 2 heterocycles. The van der Waals surface area contributed by atoms with Gasteiger partial charge in [0.2, 0.25) is 0 Å². The average molecular weight is 232 g/mol. The molecule has 0 aliphatic carbocycles. The van der Waals surface area contributed by atoms with E-state index < -0.39 is 0 Å². The van der Waals surface area contributed by atoms with Crippen LogP contribution in [0.25, 0.3) is 0 Å². The number of rotatable bonds is 1. The molecule has 1 atom stereocenters. The molecule has 0 unspecified atom stereocenters. The molecule has 2 N–H and O–H groups in total. The third-order valence-electron chi connectivity index (χ3n) is 2.21. The van der Waals surface area contributed by atoms with Gasteiger partial charge in [-0.3, -0.25) is 4.98 Å². The Morgan fingerprint density at radius 3 is 2.86 bits per heavy atom. The summed E-state index contributed by atoms with van der Waals surface area (Å²) in [6.45, 7) is 2.78. The van der Waals surface area contributed by atoms with Gasteiger partial charge in [-0.25, -0.2) is 0 Å². The molecular formula is C9H11Cl2N3. The highest BCUT2D eigenvalue weighted by atomic mass is 35.5. The van der Waals surface area contributed by atoms with Crippen LogP contribution in [0.4, 0.5) is 0 Å². The Bertz CT molecular complexity index is 324. The molecule has 5 heteroatoms. The second kappa shape index (κ2) is 4.45. The lowest BCUT2D eigenvalue weighted by Gasteiger charge is -2.24. The van der Waals surface area contributed by atoms with Crippen LogP contribution in [0, 0.1) is 0 Å². The number of halogens is 2. The predicted molar refractivity (Wildman–Crippen MR) is 57.9 cm³/mol. The van der Waals surface area contributed by atoms with Crippen molar-refractivity contribution in [3.63, 3.8) is 0 Å². The van der Waals surface area contributed by atoms with Crippen molar-refractivity contribution in [3.05, 3.63) is 28.0 Å². The Balaban J connectivity index is 2.22. The van der Waals surface area contributed by atoms with Gasteiger partial charge in [-0.2, -0.15) is 0 Å². The van der Waals surface area contributed by atoms with Crippen molar-refractivity contribution >= 4 is 23.2 Å². The zero-order chi connectivity index (χ0) is 9.97. The normalized spacial score (nSPS) is 22.3. The molecule has 1 aliphatic rings. The maximum absolute atomic E-state index is 6.05. The molecule has 0 aromatic carbocycles. The lowest BCUT2D eigenvalue weighted by molar-refractivity contribution is 0.423. The molecule has 3 nitrogen and oxygen atoms in total.